The van der Waals surface area contributed by atoms with Crippen LogP contribution in [-0.4, -0.2) is 91.6 Å². The summed E-state index contributed by atoms with van der Waals surface area (Å²) in [5.74, 6) is 0.0385. The lowest BCUT2D eigenvalue weighted by Crippen LogP contribution is -2.49. The zero-order valence-electron chi connectivity index (χ0n) is 26.8. The molecular weight excluding hydrogens is 568 g/mol. The summed E-state index contributed by atoms with van der Waals surface area (Å²) in [4.78, 5) is 41.4. The zero-order chi connectivity index (χ0) is 32.3. The van der Waals surface area contributed by atoms with Gasteiger partial charge in [0.1, 0.15) is 5.82 Å². The first-order chi connectivity index (χ1) is 21.7. The molecule has 11 heteroatoms. The van der Waals surface area contributed by atoms with Crippen LogP contribution in [0.15, 0.2) is 48.6 Å². The molecule has 0 unspecified atom stereocenters. The van der Waals surface area contributed by atoms with E-state index in [1.54, 1.807) is 18.1 Å². The first-order valence-corrected chi connectivity index (χ1v) is 15.4. The average molecular weight is 613 g/mol. The van der Waals surface area contributed by atoms with Crippen LogP contribution >= 0.6 is 0 Å². The third-order valence-corrected chi connectivity index (χ3v) is 8.25. The number of benzene rings is 2. The SMILES string of the molecule is CC#N.CN1CCCC1.COc1nc2c(c(N3CCN(C(=O)/C=C/C(N)=O)CC3)n1)CCN(c1cccc3cccc(C)c13)C2. The number of ether oxygens (including phenoxy) is 1. The summed E-state index contributed by atoms with van der Waals surface area (Å²) in [5, 5.41) is 9.83. The second kappa shape index (κ2) is 15.9. The summed E-state index contributed by atoms with van der Waals surface area (Å²) in [6.07, 6.45) is 5.98. The van der Waals surface area contributed by atoms with Gasteiger partial charge in [0.2, 0.25) is 11.8 Å². The predicted octanol–water partition coefficient (Wildman–Crippen LogP) is 3.44. The molecule has 3 aliphatic heterocycles. The predicted molar refractivity (Wildman–Crippen MR) is 177 cm³/mol. The highest BCUT2D eigenvalue weighted by Crippen LogP contribution is 2.35. The van der Waals surface area contributed by atoms with Crippen molar-refractivity contribution in [1.29, 1.82) is 5.26 Å². The zero-order valence-corrected chi connectivity index (χ0v) is 26.8. The average Bonchev–Trinajstić information content (AvgIpc) is 3.54. The van der Waals surface area contributed by atoms with Gasteiger partial charge in [0.25, 0.3) is 0 Å². The summed E-state index contributed by atoms with van der Waals surface area (Å²) in [7, 11) is 3.76. The Balaban J connectivity index is 0.000000446. The Hall–Kier alpha value is -4.69. The van der Waals surface area contributed by atoms with E-state index in [9.17, 15) is 9.59 Å². The van der Waals surface area contributed by atoms with E-state index in [2.05, 4.69) is 65.1 Å². The Morgan fingerprint density at radius 1 is 0.956 bits per heavy atom. The smallest absolute Gasteiger partial charge is 0.318 e. The van der Waals surface area contributed by atoms with Gasteiger partial charge >= 0.3 is 6.01 Å². The molecule has 0 atom stereocenters. The van der Waals surface area contributed by atoms with Crippen LogP contribution in [0.25, 0.3) is 10.8 Å². The third-order valence-electron chi connectivity index (χ3n) is 8.25. The number of amides is 2. The van der Waals surface area contributed by atoms with Crippen molar-refractivity contribution in [3.8, 4) is 12.1 Å². The fraction of sp³-hybridized carbons (Fsp3) is 0.441. The van der Waals surface area contributed by atoms with Crippen molar-refractivity contribution < 1.29 is 14.3 Å². The van der Waals surface area contributed by atoms with Crippen LogP contribution in [0.4, 0.5) is 11.5 Å². The van der Waals surface area contributed by atoms with Crippen LogP contribution < -0.4 is 20.3 Å². The number of aryl methyl sites for hydroxylation is 1. The fourth-order valence-electron chi connectivity index (χ4n) is 5.99. The van der Waals surface area contributed by atoms with E-state index in [-0.39, 0.29) is 5.91 Å². The maximum absolute atomic E-state index is 12.3. The molecule has 0 spiro atoms. The van der Waals surface area contributed by atoms with Crippen LogP contribution in [0.2, 0.25) is 0 Å². The first kappa shape index (κ1) is 33.2. The van der Waals surface area contributed by atoms with E-state index in [1.807, 2.05) is 0 Å². The van der Waals surface area contributed by atoms with Crippen LogP contribution in [0.3, 0.4) is 0 Å². The Kier molecular flexibility index (Phi) is 11.7. The van der Waals surface area contributed by atoms with Crippen molar-refractivity contribution in [1.82, 2.24) is 19.8 Å². The molecule has 0 radical (unpaired) electrons. The van der Waals surface area contributed by atoms with Crippen molar-refractivity contribution in [3.05, 3.63) is 65.4 Å². The summed E-state index contributed by atoms with van der Waals surface area (Å²) in [6.45, 7) is 10.1. The normalized spacial score (nSPS) is 16.3. The summed E-state index contributed by atoms with van der Waals surface area (Å²) < 4.78 is 5.47. The number of fused-ring (bicyclic) bond motifs is 2. The number of nitrogens with zero attached hydrogens (tertiary/aromatic N) is 7. The maximum atomic E-state index is 12.3. The van der Waals surface area contributed by atoms with E-state index in [0.717, 1.165) is 36.1 Å². The molecule has 2 fully saturated rings. The summed E-state index contributed by atoms with van der Waals surface area (Å²) >= 11 is 0. The van der Waals surface area contributed by atoms with Gasteiger partial charge in [0.15, 0.2) is 0 Å². The molecular formula is C34H44N8O3. The molecule has 0 aliphatic carbocycles. The molecule has 0 bridgehead atoms. The quantitative estimate of drug-likeness (QED) is 0.431. The second-order valence-electron chi connectivity index (χ2n) is 11.4. The molecule has 2 N–H and O–H groups in total. The second-order valence-corrected chi connectivity index (χ2v) is 11.4. The van der Waals surface area contributed by atoms with E-state index in [0.29, 0.717) is 38.7 Å². The van der Waals surface area contributed by atoms with E-state index in [1.165, 1.54) is 61.0 Å². The topological polar surface area (TPSA) is 132 Å². The molecule has 0 saturated carbocycles. The van der Waals surface area contributed by atoms with Crippen molar-refractivity contribution in [2.24, 2.45) is 5.73 Å². The van der Waals surface area contributed by atoms with Gasteiger partial charge in [-0.25, -0.2) is 0 Å². The molecule has 3 aromatic rings. The molecule has 6 rings (SSSR count). The van der Waals surface area contributed by atoms with Gasteiger partial charge in [-0.3, -0.25) is 9.59 Å². The number of nitrogens with two attached hydrogens (primary N) is 1. The molecule has 2 amide bonds. The highest BCUT2D eigenvalue weighted by molar-refractivity contribution is 5.97. The van der Waals surface area contributed by atoms with Crippen LogP contribution in [0, 0.1) is 18.3 Å². The van der Waals surface area contributed by atoms with Gasteiger partial charge in [-0.05, 0) is 63.3 Å². The molecule has 3 aliphatic rings. The monoisotopic (exact) mass is 612 g/mol. The van der Waals surface area contributed by atoms with Gasteiger partial charge in [-0.1, -0.05) is 30.3 Å². The first-order valence-electron chi connectivity index (χ1n) is 15.4. The molecule has 2 saturated heterocycles. The number of rotatable bonds is 5. The van der Waals surface area contributed by atoms with E-state index < -0.39 is 5.91 Å². The number of hydrogen-bond acceptors (Lipinski definition) is 9. The Bertz CT molecular complexity index is 1550. The molecule has 45 heavy (non-hydrogen) atoms. The maximum Gasteiger partial charge on any atom is 0.318 e. The molecule has 238 valence electrons. The van der Waals surface area contributed by atoms with Gasteiger partial charge in [0, 0.05) is 68.4 Å². The number of aromatic nitrogens is 2. The van der Waals surface area contributed by atoms with Gasteiger partial charge in [0.05, 0.1) is 25.4 Å². The van der Waals surface area contributed by atoms with Crippen molar-refractivity contribution in [2.45, 2.75) is 39.7 Å². The lowest BCUT2D eigenvalue weighted by Gasteiger charge is -2.38. The van der Waals surface area contributed by atoms with Gasteiger partial charge in [-0.15, -0.1) is 0 Å². The summed E-state index contributed by atoms with van der Waals surface area (Å²) in [6, 6.07) is 14.9. The minimum Gasteiger partial charge on any atom is -0.467 e. The van der Waals surface area contributed by atoms with Crippen LogP contribution in [0.1, 0.15) is 36.6 Å². The highest BCUT2D eigenvalue weighted by Gasteiger charge is 2.29. The largest absolute Gasteiger partial charge is 0.467 e. The Morgan fingerprint density at radius 3 is 2.22 bits per heavy atom. The lowest BCUT2D eigenvalue weighted by molar-refractivity contribution is -0.126. The number of carbonyl (C=O) groups excluding carboxylic acids is 2. The van der Waals surface area contributed by atoms with Crippen molar-refractivity contribution in [3.63, 3.8) is 0 Å². The number of anilines is 2. The number of piperazine rings is 1. The summed E-state index contributed by atoms with van der Waals surface area (Å²) in [5.41, 5.74) is 9.69. The van der Waals surface area contributed by atoms with Crippen molar-refractivity contribution in [2.75, 3.05) is 69.8 Å². The molecule has 2 aromatic carbocycles. The molecule has 1 aromatic heterocycles. The standard InChI is InChI=1S/C27H30N6O3.C5H11N.C2H3N/c1-18-5-3-6-19-7-4-8-22(25(18)19)33-12-11-20-21(17-33)29-27(36-2)30-26(20)32-15-13-31(14-16-32)24(35)10-9-23(28)34;1-6-4-2-3-5-6;1-2-3/h3-10H,11-17H2,1-2H3,(H2,28,34);2-5H2,1H3;1H3/b10-9+;;. The molecule has 11 nitrogen and oxygen atoms in total. The number of carbonyl (C=O) groups is 2. The minimum atomic E-state index is -0.630. The fourth-order valence-corrected chi connectivity index (χ4v) is 5.99. The van der Waals surface area contributed by atoms with Gasteiger partial charge < -0.3 is 30.1 Å². The number of nitriles is 1. The number of primary amides is 1. The number of likely N-dealkylation sites (tertiary alicyclic amines) is 1. The van der Waals surface area contributed by atoms with Crippen LogP contribution in [-0.2, 0) is 22.6 Å². The molecule has 4 heterocycles. The Morgan fingerprint density at radius 2 is 1.62 bits per heavy atom. The Labute approximate surface area is 265 Å². The number of methoxy groups -OCH3 is 1. The van der Waals surface area contributed by atoms with Gasteiger partial charge in [-0.2, -0.15) is 15.2 Å². The van der Waals surface area contributed by atoms with E-state index in [4.69, 9.17) is 25.7 Å². The third kappa shape index (κ3) is 8.48. The van der Waals surface area contributed by atoms with Crippen LogP contribution in [0.5, 0.6) is 6.01 Å². The lowest BCUT2D eigenvalue weighted by atomic mass is 9.99. The minimum absolute atomic E-state index is 0.211. The van der Waals surface area contributed by atoms with E-state index >= 15 is 0 Å². The van der Waals surface area contributed by atoms with Crippen molar-refractivity contribution >= 4 is 34.1 Å². The number of hydrogen-bond donors (Lipinski definition) is 1. The highest BCUT2D eigenvalue weighted by atomic mass is 16.5.